The molecule has 1 aromatic heterocycles. The number of hydrogen-bond acceptors (Lipinski definition) is 6. The molecule has 3 atom stereocenters. The topological polar surface area (TPSA) is 85.3 Å². The summed E-state index contributed by atoms with van der Waals surface area (Å²) in [7, 11) is 4.79. The van der Waals surface area contributed by atoms with Crippen molar-refractivity contribution in [2.75, 3.05) is 47.5 Å². The van der Waals surface area contributed by atoms with Crippen molar-refractivity contribution < 1.29 is 23.8 Å². The Labute approximate surface area is 248 Å². The van der Waals surface area contributed by atoms with E-state index in [-0.39, 0.29) is 18.4 Å². The number of hydrogen-bond donors (Lipinski definition) is 1. The number of carbonyl (C=O) groups excluding carboxylic acids is 2. The third-order valence-corrected chi connectivity index (χ3v) is 8.82. The van der Waals surface area contributed by atoms with Gasteiger partial charge in [-0.05, 0) is 62.4 Å². The van der Waals surface area contributed by atoms with Crippen molar-refractivity contribution >= 4 is 22.7 Å². The average molecular weight is 577 g/mol. The minimum atomic E-state index is -1.15. The Hall–Kier alpha value is -3.72. The lowest BCUT2D eigenvalue weighted by Crippen LogP contribution is -2.63. The molecule has 2 aliphatic heterocycles. The summed E-state index contributed by atoms with van der Waals surface area (Å²) >= 11 is 0. The van der Waals surface area contributed by atoms with Gasteiger partial charge in [-0.1, -0.05) is 26.0 Å². The van der Waals surface area contributed by atoms with Gasteiger partial charge in [-0.15, -0.1) is 0 Å². The van der Waals surface area contributed by atoms with Gasteiger partial charge in [0.25, 0.3) is 5.91 Å². The first kappa shape index (κ1) is 29.8. The van der Waals surface area contributed by atoms with E-state index in [0.29, 0.717) is 47.9 Å². The number of carbonyl (C=O) groups is 2. The molecule has 2 amide bonds. The standard InChI is InChI=1S/C33H44N4O5/c1-22-15-23(2)19-35(18-22)14-8-13-34-32(39)33(3)21-36-27-17-26(40-4)12-11-24(27)16-28(36)31(38)37(33)20-25-9-7-10-29(41-5)30(25)42-6/h7,9-12,16-17,22-23H,8,13-15,18-21H2,1-6H3,(H,34,39)/t22-,23-,33+/m0/s1. The van der Waals surface area contributed by atoms with Crippen molar-refractivity contribution in [1.29, 1.82) is 0 Å². The maximum absolute atomic E-state index is 14.2. The molecule has 1 fully saturated rings. The number of piperidine rings is 1. The number of nitrogens with zero attached hydrogens (tertiary/aromatic N) is 3. The zero-order valence-electron chi connectivity index (χ0n) is 25.7. The van der Waals surface area contributed by atoms with Crippen LogP contribution in [0.3, 0.4) is 0 Å². The molecule has 3 heterocycles. The number of rotatable bonds is 10. The van der Waals surface area contributed by atoms with Crippen LogP contribution in [0.5, 0.6) is 17.2 Å². The molecule has 1 N–H and O–H groups in total. The summed E-state index contributed by atoms with van der Waals surface area (Å²) < 4.78 is 18.6. The maximum atomic E-state index is 14.2. The van der Waals surface area contributed by atoms with E-state index < -0.39 is 5.54 Å². The summed E-state index contributed by atoms with van der Waals surface area (Å²) in [6.45, 7) is 10.7. The van der Waals surface area contributed by atoms with Crippen LogP contribution in [0.25, 0.3) is 10.9 Å². The highest BCUT2D eigenvalue weighted by Crippen LogP contribution is 2.38. The highest BCUT2D eigenvalue weighted by atomic mass is 16.5. The molecule has 5 rings (SSSR count). The zero-order chi connectivity index (χ0) is 30.0. The third kappa shape index (κ3) is 5.67. The highest BCUT2D eigenvalue weighted by molar-refractivity contribution is 6.03. The molecular weight excluding hydrogens is 532 g/mol. The van der Waals surface area contributed by atoms with Gasteiger partial charge in [-0.2, -0.15) is 0 Å². The molecule has 226 valence electrons. The van der Waals surface area contributed by atoms with E-state index in [1.54, 1.807) is 26.2 Å². The molecule has 9 heteroatoms. The van der Waals surface area contributed by atoms with E-state index in [4.69, 9.17) is 14.2 Å². The molecule has 0 aliphatic carbocycles. The lowest BCUT2D eigenvalue weighted by Gasteiger charge is -2.44. The molecule has 0 saturated carbocycles. The molecule has 42 heavy (non-hydrogen) atoms. The van der Waals surface area contributed by atoms with Gasteiger partial charge < -0.3 is 33.9 Å². The van der Waals surface area contributed by atoms with Crippen molar-refractivity contribution in [2.45, 2.75) is 52.2 Å². The normalized spacial score (nSPS) is 22.6. The largest absolute Gasteiger partial charge is 0.497 e. The summed E-state index contributed by atoms with van der Waals surface area (Å²) in [5.74, 6) is 2.84. The van der Waals surface area contributed by atoms with Crippen LogP contribution < -0.4 is 19.5 Å². The summed E-state index contributed by atoms with van der Waals surface area (Å²) in [5, 5.41) is 4.11. The Bertz CT molecular complexity index is 1440. The van der Waals surface area contributed by atoms with Gasteiger partial charge >= 0.3 is 0 Å². The van der Waals surface area contributed by atoms with E-state index >= 15 is 0 Å². The Morgan fingerprint density at radius 1 is 1.02 bits per heavy atom. The fraction of sp³-hybridized carbons (Fsp3) is 0.515. The SMILES string of the molecule is COc1ccc2cc3n(c2c1)C[C@](C)(C(=O)NCCCN1C[C@@H](C)C[C@H](C)C1)N(Cc1cccc(OC)c1OC)C3=O. The number of fused-ring (bicyclic) bond motifs is 3. The van der Waals surface area contributed by atoms with E-state index in [1.807, 2.05) is 54.0 Å². The van der Waals surface area contributed by atoms with Gasteiger partial charge in [0.1, 0.15) is 17.0 Å². The number of likely N-dealkylation sites (tertiary alicyclic amines) is 1. The monoisotopic (exact) mass is 576 g/mol. The second-order valence-corrected chi connectivity index (χ2v) is 12.2. The van der Waals surface area contributed by atoms with Crippen LogP contribution >= 0.6 is 0 Å². The Balaban J connectivity index is 1.43. The lowest BCUT2D eigenvalue weighted by atomic mass is 9.92. The van der Waals surface area contributed by atoms with Crippen LogP contribution in [0.1, 0.15) is 49.7 Å². The van der Waals surface area contributed by atoms with Gasteiger partial charge in [0, 0.05) is 36.7 Å². The highest BCUT2D eigenvalue weighted by Gasteiger charge is 2.48. The molecule has 2 aromatic carbocycles. The second-order valence-electron chi connectivity index (χ2n) is 12.2. The van der Waals surface area contributed by atoms with Gasteiger partial charge in [0.05, 0.1) is 39.9 Å². The van der Waals surface area contributed by atoms with E-state index in [9.17, 15) is 9.59 Å². The summed E-state index contributed by atoms with van der Waals surface area (Å²) in [6, 6.07) is 13.2. The maximum Gasteiger partial charge on any atom is 0.271 e. The number of para-hydroxylation sites is 1. The van der Waals surface area contributed by atoms with Crippen molar-refractivity contribution in [3.05, 3.63) is 53.7 Å². The minimum absolute atomic E-state index is 0.173. The number of nitrogens with one attached hydrogen (secondary N) is 1. The molecule has 0 bridgehead atoms. The van der Waals surface area contributed by atoms with Gasteiger partial charge in [-0.25, -0.2) is 0 Å². The fourth-order valence-electron chi connectivity index (χ4n) is 6.82. The lowest BCUT2D eigenvalue weighted by molar-refractivity contribution is -0.133. The van der Waals surface area contributed by atoms with Crippen molar-refractivity contribution in [3.63, 3.8) is 0 Å². The van der Waals surface area contributed by atoms with Crippen LogP contribution in [-0.2, 0) is 17.9 Å². The summed E-state index contributed by atoms with van der Waals surface area (Å²) in [5.41, 5.74) is 1.02. The van der Waals surface area contributed by atoms with Crippen molar-refractivity contribution in [1.82, 2.24) is 19.7 Å². The van der Waals surface area contributed by atoms with Crippen LogP contribution in [0.4, 0.5) is 0 Å². The predicted octanol–water partition coefficient (Wildman–Crippen LogP) is 4.57. The number of aromatic nitrogens is 1. The molecule has 0 radical (unpaired) electrons. The van der Waals surface area contributed by atoms with Crippen molar-refractivity contribution in [3.8, 4) is 17.2 Å². The third-order valence-electron chi connectivity index (χ3n) is 8.82. The number of amides is 2. The molecule has 0 spiro atoms. The van der Waals surface area contributed by atoms with Crippen LogP contribution in [0, 0.1) is 11.8 Å². The Morgan fingerprint density at radius 2 is 1.79 bits per heavy atom. The van der Waals surface area contributed by atoms with E-state index in [1.165, 1.54) is 6.42 Å². The quantitative estimate of drug-likeness (QED) is 0.356. The van der Waals surface area contributed by atoms with Crippen LogP contribution in [-0.4, -0.2) is 79.2 Å². The average Bonchev–Trinajstić information content (AvgIpc) is 3.34. The molecule has 2 aliphatic rings. The summed E-state index contributed by atoms with van der Waals surface area (Å²) in [6.07, 6.45) is 2.13. The first-order valence-electron chi connectivity index (χ1n) is 14.9. The fourth-order valence-corrected chi connectivity index (χ4v) is 6.82. The smallest absolute Gasteiger partial charge is 0.271 e. The first-order chi connectivity index (χ1) is 20.2. The van der Waals surface area contributed by atoms with Gasteiger partial charge in [-0.3, -0.25) is 9.59 Å². The van der Waals surface area contributed by atoms with Crippen LogP contribution in [0.2, 0.25) is 0 Å². The zero-order valence-corrected chi connectivity index (χ0v) is 25.7. The summed E-state index contributed by atoms with van der Waals surface area (Å²) in [4.78, 5) is 32.5. The molecule has 9 nitrogen and oxygen atoms in total. The molecule has 1 saturated heterocycles. The Morgan fingerprint density at radius 3 is 2.48 bits per heavy atom. The predicted molar refractivity (Wildman–Crippen MR) is 163 cm³/mol. The van der Waals surface area contributed by atoms with Crippen LogP contribution in [0.15, 0.2) is 42.5 Å². The second kappa shape index (κ2) is 12.3. The van der Waals surface area contributed by atoms with Gasteiger partial charge in [0.2, 0.25) is 5.91 Å². The molecule has 3 aromatic rings. The van der Waals surface area contributed by atoms with Crippen molar-refractivity contribution in [2.24, 2.45) is 11.8 Å². The molecule has 0 unspecified atom stereocenters. The number of ether oxygens (including phenoxy) is 3. The molecular formula is C33H44N4O5. The minimum Gasteiger partial charge on any atom is -0.497 e. The van der Waals surface area contributed by atoms with E-state index in [2.05, 4.69) is 24.1 Å². The first-order valence-corrected chi connectivity index (χ1v) is 14.9. The number of benzene rings is 2. The van der Waals surface area contributed by atoms with Gasteiger partial charge in [0.15, 0.2) is 11.5 Å². The Kier molecular flexibility index (Phi) is 8.68. The number of methoxy groups -OCH3 is 3. The van der Waals surface area contributed by atoms with E-state index in [0.717, 1.165) is 42.5 Å².